The van der Waals surface area contributed by atoms with Gasteiger partial charge in [0.1, 0.15) is 40.9 Å². The third kappa shape index (κ3) is 9.06. The number of carboxylic acid groups (broad SMARTS) is 1. The van der Waals surface area contributed by atoms with Gasteiger partial charge in [-0.15, -0.1) is 11.3 Å². The number of urea groups is 1. The molecule has 300 valence electrons. The van der Waals surface area contributed by atoms with Gasteiger partial charge in [0.25, 0.3) is 0 Å². The minimum Gasteiger partial charge on any atom is -0.497 e. The number of allylic oxidation sites excluding steroid dienone is 1. The number of nitrogens with one attached hydrogen (secondary N) is 4. The first-order chi connectivity index (χ1) is 26.6. The lowest BCUT2D eigenvalue weighted by atomic mass is 9.88. The van der Waals surface area contributed by atoms with Crippen LogP contribution in [0.5, 0.6) is 11.5 Å². The fraction of sp³-hybridized carbons (Fsp3) is 0.525. The van der Waals surface area contributed by atoms with Crippen molar-refractivity contribution in [1.82, 2.24) is 30.8 Å². The Morgan fingerprint density at radius 1 is 1.11 bits per heavy atom. The average Bonchev–Trinajstić information content (AvgIpc) is 3.40. The standard InChI is InChI=1S/C40H51N7O8S/c1-22(39(3,4)5)41-37(53)44-28-13-11-9-7-8-10-12-24-19-40(24,36(51)52)46-34(49)32-17-26(20-47(32)35(28)50)55-33-18-30(31-21-56-38(45-31)42-23(2)48)43-29-16-25(54-6)14-15-27(29)33/h10,12,14-16,18,21-22,24,26,28,32H,7-9,11,13,17,19-20H2,1-6H3,(H,46,49)(H,51,52)(H2,41,44,53)(H,42,45,48)/b12-10-/t22-,24-,26-,28-,32?,40-/m1/s1. The second-order valence-electron chi connectivity index (χ2n) is 16.0. The van der Waals surface area contributed by atoms with E-state index in [-0.39, 0.29) is 42.7 Å². The average molecular weight is 790 g/mol. The maximum Gasteiger partial charge on any atom is 0.330 e. The van der Waals surface area contributed by atoms with Gasteiger partial charge in [-0.25, -0.2) is 19.6 Å². The maximum absolute atomic E-state index is 14.6. The first kappa shape index (κ1) is 40.4. The zero-order valence-corrected chi connectivity index (χ0v) is 33.5. The summed E-state index contributed by atoms with van der Waals surface area (Å²) in [5, 5.41) is 24.4. The van der Waals surface area contributed by atoms with Crippen molar-refractivity contribution in [2.45, 2.75) is 109 Å². The van der Waals surface area contributed by atoms with Crippen molar-refractivity contribution in [3.8, 4) is 22.9 Å². The first-order valence-electron chi connectivity index (χ1n) is 19.1. The smallest absolute Gasteiger partial charge is 0.330 e. The van der Waals surface area contributed by atoms with Gasteiger partial charge in [0.15, 0.2) is 5.13 Å². The number of pyridine rings is 1. The molecule has 15 nitrogen and oxygen atoms in total. The molecule has 1 saturated carbocycles. The Bertz CT molecular complexity index is 2030. The Kier molecular flexibility index (Phi) is 11.9. The number of carboxylic acids is 1. The number of aliphatic carboxylic acids is 1. The van der Waals surface area contributed by atoms with Crippen molar-refractivity contribution in [2.75, 3.05) is 19.0 Å². The number of carbonyl (C=O) groups excluding carboxylic acids is 4. The van der Waals surface area contributed by atoms with E-state index in [9.17, 15) is 29.1 Å². The van der Waals surface area contributed by atoms with Gasteiger partial charge in [0.2, 0.25) is 17.7 Å². The molecule has 3 aliphatic rings. The molecule has 1 aliphatic carbocycles. The number of benzene rings is 1. The van der Waals surface area contributed by atoms with E-state index in [1.807, 2.05) is 45.9 Å². The summed E-state index contributed by atoms with van der Waals surface area (Å²) in [5.41, 5.74) is -0.187. The summed E-state index contributed by atoms with van der Waals surface area (Å²) >= 11 is 1.25. The van der Waals surface area contributed by atoms with Crippen molar-refractivity contribution in [2.24, 2.45) is 11.3 Å². The molecule has 1 unspecified atom stereocenters. The highest BCUT2D eigenvalue weighted by Crippen LogP contribution is 2.45. The molecule has 5 N–H and O–H groups in total. The number of rotatable bonds is 8. The van der Waals surface area contributed by atoms with Gasteiger partial charge in [-0.05, 0) is 50.2 Å². The van der Waals surface area contributed by atoms with Crippen LogP contribution in [0.25, 0.3) is 22.3 Å². The Morgan fingerprint density at radius 3 is 2.61 bits per heavy atom. The van der Waals surface area contributed by atoms with Crippen LogP contribution in [0.3, 0.4) is 0 Å². The molecular formula is C40H51N7O8S. The Labute approximate surface area is 330 Å². The van der Waals surface area contributed by atoms with Crippen molar-refractivity contribution in [3.63, 3.8) is 0 Å². The van der Waals surface area contributed by atoms with Crippen LogP contribution in [0.1, 0.15) is 79.6 Å². The summed E-state index contributed by atoms with van der Waals surface area (Å²) in [4.78, 5) is 77.1. The van der Waals surface area contributed by atoms with Gasteiger partial charge in [-0.2, -0.15) is 0 Å². The number of nitrogens with zero attached hydrogens (tertiary/aromatic N) is 3. The summed E-state index contributed by atoms with van der Waals surface area (Å²) < 4.78 is 12.1. The number of amides is 5. The van der Waals surface area contributed by atoms with Crippen LogP contribution in [0.4, 0.5) is 9.93 Å². The molecule has 16 heteroatoms. The number of ether oxygens (including phenoxy) is 2. The van der Waals surface area contributed by atoms with Gasteiger partial charge < -0.3 is 40.7 Å². The number of hydrogen-bond acceptors (Lipinski definition) is 10. The Morgan fingerprint density at radius 2 is 1.89 bits per heavy atom. The summed E-state index contributed by atoms with van der Waals surface area (Å²) in [5.74, 6) is -1.81. The van der Waals surface area contributed by atoms with Crippen molar-refractivity contribution < 1.29 is 38.6 Å². The minimum absolute atomic E-state index is 0.00278. The zero-order valence-electron chi connectivity index (χ0n) is 32.6. The Balaban J connectivity index is 1.34. The van der Waals surface area contributed by atoms with Crippen molar-refractivity contribution in [1.29, 1.82) is 0 Å². The molecule has 1 saturated heterocycles. The quantitative estimate of drug-likeness (QED) is 0.188. The second-order valence-corrected chi connectivity index (χ2v) is 16.8. The molecule has 0 spiro atoms. The SMILES string of the molecule is COc1ccc2c(O[C@@H]3CC4C(=O)N[C@]5(C(=O)O)C[C@H]5/C=C\CCCCC[C@@H](NC(=O)N[C@H](C)C(C)(C)C)C(=O)N4C3)cc(-c3csc(NC(C)=O)n3)nc2c1. The van der Waals surface area contributed by atoms with Crippen molar-refractivity contribution >= 4 is 57.1 Å². The van der Waals surface area contributed by atoms with Crippen LogP contribution < -0.4 is 30.7 Å². The predicted octanol–water partition coefficient (Wildman–Crippen LogP) is 5.26. The van der Waals surface area contributed by atoms with E-state index < -0.39 is 47.5 Å². The van der Waals surface area contributed by atoms with Gasteiger partial charge in [0, 0.05) is 48.2 Å². The number of thiazole rings is 1. The van der Waals surface area contributed by atoms with E-state index in [0.29, 0.717) is 51.8 Å². The molecule has 1 aromatic carbocycles. The molecular weight excluding hydrogens is 739 g/mol. The minimum atomic E-state index is -1.47. The number of hydrogen-bond donors (Lipinski definition) is 5. The summed E-state index contributed by atoms with van der Waals surface area (Å²) in [6.07, 6.45) is 6.80. The summed E-state index contributed by atoms with van der Waals surface area (Å²) in [7, 11) is 1.55. The van der Waals surface area contributed by atoms with E-state index in [1.54, 1.807) is 30.7 Å². The Hall–Kier alpha value is -5.25. The number of fused-ring (bicyclic) bond motifs is 3. The molecule has 2 fully saturated rings. The zero-order chi connectivity index (χ0) is 40.4. The van der Waals surface area contributed by atoms with Crippen LogP contribution in [-0.4, -0.2) is 93.1 Å². The lowest BCUT2D eigenvalue weighted by Gasteiger charge is -2.31. The number of methoxy groups -OCH3 is 1. The highest BCUT2D eigenvalue weighted by Gasteiger charge is 2.61. The lowest BCUT2D eigenvalue weighted by molar-refractivity contribution is -0.145. The maximum atomic E-state index is 14.6. The number of anilines is 1. The van der Waals surface area contributed by atoms with Crippen LogP contribution >= 0.6 is 11.3 Å². The van der Waals surface area contributed by atoms with E-state index in [2.05, 4.69) is 26.3 Å². The molecule has 6 atom stereocenters. The van der Waals surface area contributed by atoms with Crippen molar-refractivity contribution in [3.05, 3.63) is 41.8 Å². The molecule has 3 aromatic rings. The third-order valence-corrected chi connectivity index (χ3v) is 11.7. The molecule has 56 heavy (non-hydrogen) atoms. The van der Waals surface area contributed by atoms with Gasteiger partial charge in [-0.3, -0.25) is 14.4 Å². The highest BCUT2D eigenvalue weighted by molar-refractivity contribution is 7.14. The first-order valence-corrected chi connectivity index (χ1v) is 19.9. The van der Waals surface area contributed by atoms with Gasteiger partial charge in [-0.1, -0.05) is 45.8 Å². The van der Waals surface area contributed by atoms with Crippen LogP contribution in [-0.2, 0) is 19.2 Å². The van der Waals surface area contributed by atoms with E-state index in [4.69, 9.17) is 14.5 Å². The fourth-order valence-corrected chi connectivity index (χ4v) is 7.82. The molecule has 4 heterocycles. The molecule has 2 aromatic heterocycles. The molecule has 6 rings (SSSR count). The topological polar surface area (TPSA) is 201 Å². The summed E-state index contributed by atoms with van der Waals surface area (Å²) in [6, 6.07) is 4.37. The number of aromatic nitrogens is 2. The van der Waals surface area contributed by atoms with Gasteiger partial charge >= 0.3 is 12.0 Å². The largest absolute Gasteiger partial charge is 0.497 e. The molecule has 0 bridgehead atoms. The lowest BCUT2D eigenvalue weighted by Crippen LogP contribution is -2.58. The normalized spacial score (nSPS) is 25.4. The molecule has 2 aliphatic heterocycles. The fourth-order valence-electron chi connectivity index (χ4n) is 7.07. The van der Waals surface area contributed by atoms with E-state index >= 15 is 0 Å². The second kappa shape index (κ2) is 16.5. The van der Waals surface area contributed by atoms with E-state index in [0.717, 1.165) is 19.3 Å². The highest BCUT2D eigenvalue weighted by atomic mass is 32.1. The van der Waals surface area contributed by atoms with Crippen LogP contribution in [0.2, 0.25) is 0 Å². The number of carbonyl (C=O) groups is 5. The monoisotopic (exact) mass is 789 g/mol. The molecule has 5 amide bonds. The van der Waals surface area contributed by atoms with E-state index in [1.165, 1.54) is 23.2 Å². The third-order valence-electron chi connectivity index (χ3n) is 10.9. The predicted molar refractivity (Wildman–Crippen MR) is 211 cm³/mol. The van der Waals surface area contributed by atoms with Gasteiger partial charge in [0.05, 0.1) is 24.9 Å². The van der Waals surface area contributed by atoms with Crippen LogP contribution in [0, 0.1) is 11.3 Å². The van der Waals surface area contributed by atoms with Crippen LogP contribution in [0.15, 0.2) is 41.8 Å². The molecule has 0 radical (unpaired) electrons. The summed E-state index contributed by atoms with van der Waals surface area (Å²) in [6.45, 7) is 9.32.